The van der Waals surface area contributed by atoms with E-state index in [0.29, 0.717) is 36.4 Å². The molecule has 3 aromatic rings. The maximum absolute atomic E-state index is 14.4. The van der Waals surface area contributed by atoms with E-state index in [4.69, 9.17) is 5.26 Å². The number of carbonyl (C=O) groups is 1. The number of halogens is 9. The second kappa shape index (κ2) is 12.0. The Balaban J connectivity index is 1.86. The van der Waals surface area contributed by atoms with Crippen LogP contribution in [-0.4, -0.2) is 44.7 Å². The number of likely N-dealkylation sites (tertiary alicyclic amines) is 1. The number of hydrogen-bond acceptors (Lipinski definition) is 5. The van der Waals surface area contributed by atoms with Gasteiger partial charge in [-0.3, -0.25) is 4.79 Å². The molecule has 0 saturated carbocycles. The first-order valence-electron chi connectivity index (χ1n) is 12.9. The van der Waals surface area contributed by atoms with Crippen LogP contribution in [0.15, 0.2) is 71.6 Å². The summed E-state index contributed by atoms with van der Waals surface area (Å²) in [5.41, 5.74) is -8.20. The summed E-state index contributed by atoms with van der Waals surface area (Å²) >= 11 is 0. The topological polar surface area (TPSA) is 87.5 Å². The van der Waals surface area contributed by atoms with Gasteiger partial charge in [0.15, 0.2) is 9.84 Å². The van der Waals surface area contributed by atoms with E-state index in [1.54, 1.807) is 6.07 Å². The molecule has 0 bridgehead atoms. The highest BCUT2D eigenvalue weighted by molar-refractivity contribution is 7.92. The van der Waals surface area contributed by atoms with Crippen molar-refractivity contribution in [3.63, 3.8) is 0 Å². The van der Waals surface area contributed by atoms with Crippen LogP contribution in [0.4, 0.5) is 39.5 Å². The van der Waals surface area contributed by atoms with Crippen LogP contribution >= 0.6 is 0 Å². The fourth-order valence-corrected chi connectivity index (χ4v) is 7.30. The van der Waals surface area contributed by atoms with E-state index < -0.39 is 91.5 Å². The zero-order valence-corrected chi connectivity index (χ0v) is 23.5. The average Bonchev–Trinajstić information content (AvgIpc) is 3.42. The second-order valence-corrected chi connectivity index (χ2v) is 12.4. The van der Waals surface area contributed by atoms with Gasteiger partial charge in [0, 0.05) is 24.2 Å². The summed E-state index contributed by atoms with van der Waals surface area (Å²) in [7, 11) is -4.61. The zero-order valence-electron chi connectivity index (χ0n) is 22.7. The molecule has 0 aliphatic carbocycles. The number of amides is 1. The lowest BCUT2D eigenvalue weighted by Gasteiger charge is -2.38. The van der Waals surface area contributed by atoms with Gasteiger partial charge in [0.1, 0.15) is 28.6 Å². The Kier molecular flexibility index (Phi) is 9.02. The van der Waals surface area contributed by atoms with Crippen LogP contribution in [0, 0.1) is 28.8 Å². The summed E-state index contributed by atoms with van der Waals surface area (Å²) < 4.78 is 158. The van der Waals surface area contributed by atoms with E-state index in [1.165, 1.54) is 0 Å². The molecule has 1 unspecified atom stereocenters. The van der Waals surface area contributed by atoms with Crippen LogP contribution in [-0.2, 0) is 36.3 Å². The van der Waals surface area contributed by atoms with E-state index in [1.807, 2.05) is 0 Å². The molecule has 1 amide bonds. The number of rotatable bonds is 8. The van der Waals surface area contributed by atoms with Crippen LogP contribution in [0.1, 0.15) is 29.5 Å². The smallest absolute Gasteiger partial charge is 0.349 e. The number of nitrogens with zero attached hydrogens (tertiary/aromatic N) is 2. The molecule has 1 aliphatic heterocycles. The molecule has 1 fully saturated rings. The highest BCUT2D eigenvalue weighted by atomic mass is 32.2. The van der Waals surface area contributed by atoms with Crippen LogP contribution in [0.2, 0.25) is 0 Å². The first-order valence-corrected chi connectivity index (χ1v) is 14.4. The molecular formula is C29H21F9N2O4S. The molecule has 0 radical (unpaired) electrons. The fourth-order valence-electron chi connectivity index (χ4n) is 5.22. The molecule has 1 heterocycles. The van der Waals surface area contributed by atoms with Crippen LogP contribution in [0.25, 0.3) is 0 Å². The summed E-state index contributed by atoms with van der Waals surface area (Å²) in [6, 6.07) is 9.21. The molecule has 0 N–H and O–H groups in total. The summed E-state index contributed by atoms with van der Waals surface area (Å²) in [5.74, 6) is -4.47. The number of alkyl halides is 6. The van der Waals surface area contributed by atoms with Gasteiger partial charge in [-0.2, -0.15) is 31.6 Å². The SMILES string of the molecule is N#CCC(=O)N1CCC(c2ccc(C(OCc3c(F)cccc3F)(C(F)(F)F)C(F)(F)F)cc2)(S(=O)(=O)c2ccc(F)cc2)C1. The van der Waals surface area contributed by atoms with Crippen molar-refractivity contribution in [2.75, 3.05) is 13.1 Å². The highest BCUT2D eigenvalue weighted by Gasteiger charge is 2.73. The molecule has 0 aromatic heterocycles. The van der Waals surface area contributed by atoms with Crippen molar-refractivity contribution in [2.24, 2.45) is 0 Å². The van der Waals surface area contributed by atoms with E-state index in [-0.39, 0.29) is 18.5 Å². The molecule has 6 nitrogen and oxygen atoms in total. The van der Waals surface area contributed by atoms with E-state index in [9.17, 15) is 52.7 Å². The Labute approximate surface area is 250 Å². The van der Waals surface area contributed by atoms with Crippen LogP contribution < -0.4 is 0 Å². The summed E-state index contributed by atoms with van der Waals surface area (Å²) in [6.45, 7) is -2.65. The van der Waals surface area contributed by atoms with Gasteiger partial charge >= 0.3 is 12.4 Å². The Morgan fingerprint density at radius 3 is 1.96 bits per heavy atom. The monoisotopic (exact) mass is 664 g/mol. The van der Waals surface area contributed by atoms with Gasteiger partial charge in [0.25, 0.3) is 5.60 Å². The molecule has 1 saturated heterocycles. The maximum atomic E-state index is 14.4. The Morgan fingerprint density at radius 2 is 1.44 bits per heavy atom. The lowest BCUT2D eigenvalue weighted by Crippen LogP contribution is -2.56. The number of carbonyl (C=O) groups excluding carboxylic acids is 1. The minimum absolute atomic E-state index is 0.241. The molecule has 240 valence electrons. The fraction of sp³-hybridized carbons (Fsp3) is 0.310. The lowest BCUT2D eigenvalue weighted by molar-refractivity contribution is -0.392. The van der Waals surface area contributed by atoms with Crippen molar-refractivity contribution in [3.8, 4) is 6.07 Å². The number of sulfone groups is 1. The number of nitriles is 1. The summed E-state index contributed by atoms with van der Waals surface area (Å²) in [4.78, 5) is 13.0. The van der Waals surface area contributed by atoms with Crippen molar-refractivity contribution in [1.29, 1.82) is 5.26 Å². The van der Waals surface area contributed by atoms with Crippen molar-refractivity contribution in [1.82, 2.24) is 4.90 Å². The first-order chi connectivity index (χ1) is 20.9. The van der Waals surface area contributed by atoms with E-state index >= 15 is 0 Å². The normalized spacial score (nSPS) is 17.7. The average molecular weight is 665 g/mol. The van der Waals surface area contributed by atoms with Crippen molar-refractivity contribution >= 4 is 15.7 Å². The highest BCUT2D eigenvalue weighted by Crippen LogP contribution is 2.54. The largest absolute Gasteiger partial charge is 0.430 e. The van der Waals surface area contributed by atoms with E-state index in [2.05, 4.69) is 4.74 Å². The van der Waals surface area contributed by atoms with Gasteiger partial charge in [-0.05, 0) is 48.4 Å². The Morgan fingerprint density at radius 1 is 0.889 bits per heavy atom. The second-order valence-electron chi connectivity index (χ2n) is 10.1. The first kappa shape index (κ1) is 33.8. The molecule has 3 aromatic carbocycles. The number of benzene rings is 3. The van der Waals surface area contributed by atoms with Crippen molar-refractivity contribution in [2.45, 2.75) is 47.0 Å². The zero-order chi connectivity index (χ0) is 33.4. The van der Waals surface area contributed by atoms with Crippen molar-refractivity contribution in [3.05, 3.63) is 101 Å². The van der Waals surface area contributed by atoms with Gasteiger partial charge in [-0.15, -0.1) is 0 Å². The molecule has 4 rings (SSSR count). The maximum Gasteiger partial charge on any atom is 0.430 e. The minimum atomic E-state index is -6.24. The van der Waals surface area contributed by atoms with Gasteiger partial charge in [-0.1, -0.05) is 30.3 Å². The van der Waals surface area contributed by atoms with Crippen LogP contribution in [0.5, 0.6) is 0 Å². The van der Waals surface area contributed by atoms with Crippen molar-refractivity contribution < 1.29 is 57.5 Å². The Bertz CT molecular complexity index is 1680. The number of hydrogen-bond donors (Lipinski definition) is 0. The number of ether oxygens (including phenoxy) is 1. The lowest BCUT2D eigenvalue weighted by atomic mass is 9.88. The summed E-state index contributed by atoms with van der Waals surface area (Å²) in [5, 5.41) is 8.90. The van der Waals surface area contributed by atoms with Gasteiger partial charge in [0.2, 0.25) is 5.91 Å². The van der Waals surface area contributed by atoms with Gasteiger partial charge in [-0.25, -0.2) is 21.6 Å². The molecule has 0 spiro atoms. The Hall–Kier alpha value is -4.10. The predicted octanol–water partition coefficient (Wildman–Crippen LogP) is 6.46. The molecule has 1 aliphatic rings. The van der Waals surface area contributed by atoms with E-state index in [0.717, 1.165) is 35.2 Å². The quantitative estimate of drug-likeness (QED) is 0.204. The third-order valence-corrected chi connectivity index (χ3v) is 10.1. The molecule has 16 heteroatoms. The van der Waals surface area contributed by atoms with Gasteiger partial charge in [0.05, 0.1) is 17.6 Å². The molecule has 45 heavy (non-hydrogen) atoms. The summed E-state index contributed by atoms with van der Waals surface area (Å²) in [6.07, 6.45) is -13.5. The third-order valence-electron chi connectivity index (χ3n) is 7.56. The standard InChI is InChI=1S/C29H21F9N2O4S/c30-20-8-10-21(11-9-20)45(42,43)26(13-15-40(17-26)25(41)12-14-39)18-4-6-19(7-5-18)27(28(33,34)35,29(36,37)38)44-16-22-23(31)2-1-3-24(22)32/h1-11H,12-13,15-17H2. The third kappa shape index (κ3) is 5.86. The van der Waals surface area contributed by atoms with Gasteiger partial charge < -0.3 is 9.64 Å². The predicted molar refractivity (Wildman–Crippen MR) is 138 cm³/mol. The molecule has 1 atom stereocenters. The molecular weight excluding hydrogens is 643 g/mol. The minimum Gasteiger partial charge on any atom is -0.349 e. The van der Waals surface area contributed by atoms with Crippen LogP contribution in [0.3, 0.4) is 0 Å².